The minimum absolute atomic E-state index is 0.894. The number of anilines is 2. The predicted molar refractivity (Wildman–Crippen MR) is 74.8 cm³/mol. The molecule has 2 heterocycles. The number of hydrogen-bond donors (Lipinski definition) is 1. The van der Waals surface area contributed by atoms with Crippen molar-refractivity contribution in [1.82, 2.24) is 4.98 Å². The van der Waals surface area contributed by atoms with Crippen LogP contribution in [0, 0.1) is 0 Å². The SMILES string of the molecule is CCNc1cc(N(C)Cc2cccs2)ccn1. The Morgan fingerprint density at radius 1 is 1.41 bits per heavy atom. The van der Waals surface area contributed by atoms with E-state index in [4.69, 9.17) is 0 Å². The third-order valence-corrected chi connectivity index (χ3v) is 3.38. The van der Waals surface area contributed by atoms with Crippen LogP contribution in [0.4, 0.5) is 11.5 Å². The van der Waals surface area contributed by atoms with E-state index >= 15 is 0 Å². The van der Waals surface area contributed by atoms with E-state index in [9.17, 15) is 0 Å². The molecule has 90 valence electrons. The van der Waals surface area contributed by atoms with Crippen LogP contribution in [0.1, 0.15) is 11.8 Å². The lowest BCUT2D eigenvalue weighted by molar-refractivity contribution is 0.937. The molecule has 0 unspecified atom stereocenters. The van der Waals surface area contributed by atoms with Crippen LogP contribution in [0.25, 0.3) is 0 Å². The van der Waals surface area contributed by atoms with E-state index in [0.29, 0.717) is 0 Å². The first-order valence-electron chi connectivity index (χ1n) is 5.73. The zero-order valence-electron chi connectivity index (χ0n) is 10.2. The van der Waals surface area contributed by atoms with Crippen molar-refractivity contribution in [3.05, 3.63) is 40.7 Å². The van der Waals surface area contributed by atoms with Gasteiger partial charge in [-0.25, -0.2) is 4.98 Å². The van der Waals surface area contributed by atoms with Gasteiger partial charge in [-0.3, -0.25) is 0 Å². The topological polar surface area (TPSA) is 28.2 Å². The van der Waals surface area contributed by atoms with Gasteiger partial charge < -0.3 is 10.2 Å². The molecule has 4 heteroatoms. The summed E-state index contributed by atoms with van der Waals surface area (Å²) in [5.74, 6) is 0.933. The van der Waals surface area contributed by atoms with E-state index < -0.39 is 0 Å². The summed E-state index contributed by atoms with van der Waals surface area (Å²) in [6.07, 6.45) is 1.85. The molecule has 0 fully saturated rings. The molecule has 0 saturated carbocycles. The van der Waals surface area contributed by atoms with E-state index in [-0.39, 0.29) is 0 Å². The second kappa shape index (κ2) is 5.68. The van der Waals surface area contributed by atoms with Crippen molar-refractivity contribution in [2.75, 3.05) is 23.8 Å². The third kappa shape index (κ3) is 3.20. The lowest BCUT2D eigenvalue weighted by atomic mass is 10.3. The quantitative estimate of drug-likeness (QED) is 0.879. The Labute approximate surface area is 106 Å². The molecule has 0 bridgehead atoms. The van der Waals surface area contributed by atoms with Crippen molar-refractivity contribution in [3.63, 3.8) is 0 Å². The van der Waals surface area contributed by atoms with Gasteiger partial charge in [0, 0.05) is 36.4 Å². The van der Waals surface area contributed by atoms with E-state index in [1.165, 1.54) is 10.6 Å². The minimum atomic E-state index is 0.894. The highest BCUT2D eigenvalue weighted by atomic mass is 32.1. The van der Waals surface area contributed by atoms with Crippen LogP contribution >= 0.6 is 11.3 Å². The Morgan fingerprint density at radius 2 is 2.29 bits per heavy atom. The average molecular weight is 247 g/mol. The molecule has 0 aliphatic heterocycles. The maximum atomic E-state index is 4.27. The molecule has 0 saturated heterocycles. The highest BCUT2D eigenvalue weighted by Gasteiger charge is 2.04. The molecule has 0 amide bonds. The fourth-order valence-electron chi connectivity index (χ4n) is 1.66. The molecule has 3 nitrogen and oxygen atoms in total. The van der Waals surface area contributed by atoms with Gasteiger partial charge in [0.1, 0.15) is 5.82 Å². The van der Waals surface area contributed by atoms with Gasteiger partial charge in [0.05, 0.1) is 6.54 Å². The zero-order valence-corrected chi connectivity index (χ0v) is 11.0. The van der Waals surface area contributed by atoms with Gasteiger partial charge in [0.25, 0.3) is 0 Å². The van der Waals surface area contributed by atoms with Gasteiger partial charge in [0.15, 0.2) is 0 Å². The number of aromatic nitrogens is 1. The highest BCUT2D eigenvalue weighted by molar-refractivity contribution is 7.09. The molecule has 2 aromatic heterocycles. The lowest BCUT2D eigenvalue weighted by Crippen LogP contribution is -2.15. The summed E-state index contributed by atoms with van der Waals surface area (Å²) in [6.45, 7) is 3.90. The van der Waals surface area contributed by atoms with Crippen molar-refractivity contribution in [3.8, 4) is 0 Å². The molecule has 0 spiro atoms. The number of pyridine rings is 1. The molecule has 17 heavy (non-hydrogen) atoms. The Morgan fingerprint density at radius 3 is 3.00 bits per heavy atom. The number of rotatable bonds is 5. The summed E-state index contributed by atoms with van der Waals surface area (Å²) < 4.78 is 0. The summed E-state index contributed by atoms with van der Waals surface area (Å²) in [5.41, 5.74) is 1.18. The van der Waals surface area contributed by atoms with E-state index in [2.05, 4.69) is 52.8 Å². The fraction of sp³-hybridized carbons (Fsp3) is 0.308. The van der Waals surface area contributed by atoms with E-state index in [1.807, 2.05) is 12.3 Å². The van der Waals surface area contributed by atoms with Crippen molar-refractivity contribution in [1.29, 1.82) is 0 Å². The van der Waals surface area contributed by atoms with Crippen molar-refractivity contribution in [2.24, 2.45) is 0 Å². The summed E-state index contributed by atoms with van der Waals surface area (Å²) >= 11 is 1.79. The van der Waals surface area contributed by atoms with Crippen molar-refractivity contribution in [2.45, 2.75) is 13.5 Å². The highest BCUT2D eigenvalue weighted by Crippen LogP contribution is 2.19. The van der Waals surface area contributed by atoms with Crippen LogP contribution in [0.2, 0.25) is 0 Å². The van der Waals surface area contributed by atoms with Crippen LogP contribution in [0.3, 0.4) is 0 Å². The summed E-state index contributed by atoms with van der Waals surface area (Å²) in [7, 11) is 2.10. The largest absolute Gasteiger partial charge is 0.370 e. The number of nitrogens with zero attached hydrogens (tertiary/aromatic N) is 2. The zero-order chi connectivity index (χ0) is 12.1. The molecule has 0 atom stereocenters. The first kappa shape index (κ1) is 11.9. The Hall–Kier alpha value is -1.55. The number of hydrogen-bond acceptors (Lipinski definition) is 4. The molecule has 1 N–H and O–H groups in total. The maximum absolute atomic E-state index is 4.27. The van der Waals surface area contributed by atoms with Gasteiger partial charge in [-0.2, -0.15) is 0 Å². The first-order chi connectivity index (χ1) is 8.29. The van der Waals surface area contributed by atoms with Crippen LogP contribution in [-0.2, 0) is 6.54 Å². The number of nitrogens with one attached hydrogen (secondary N) is 1. The van der Waals surface area contributed by atoms with E-state index in [1.54, 1.807) is 11.3 Å². The molecule has 0 aromatic carbocycles. The van der Waals surface area contributed by atoms with Gasteiger partial charge in [-0.15, -0.1) is 11.3 Å². The monoisotopic (exact) mass is 247 g/mol. The second-order valence-electron chi connectivity index (χ2n) is 3.87. The smallest absolute Gasteiger partial charge is 0.127 e. The van der Waals surface area contributed by atoms with Crippen LogP contribution in [0.5, 0.6) is 0 Å². The first-order valence-corrected chi connectivity index (χ1v) is 6.61. The standard InChI is InChI=1S/C13H17N3S/c1-3-14-13-9-11(6-7-15-13)16(2)10-12-5-4-8-17-12/h4-9H,3,10H2,1-2H3,(H,14,15). The Balaban J connectivity index is 2.07. The number of thiophene rings is 1. The van der Waals surface area contributed by atoms with Crippen LogP contribution in [0.15, 0.2) is 35.8 Å². The molecule has 0 radical (unpaired) electrons. The lowest BCUT2D eigenvalue weighted by Gasteiger charge is -2.19. The molecular formula is C13H17N3S. The summed E-state index contributed by atoms with van der Waals surface area (Å²) in [4.78, 5) is 7.87. The molecular weight excluding hydrogens is 230 g/mol. The minimum Gasteiger partial charge on any atom is -0.370 e. The van der Waals surface area contributed by atoms with Gasteiger partial charge in [-0.1, -0.05) is 6.07 Å². The average Bonchev–Trinajstić information content (AvgIpc) is 2.83. The van der Waals surface area contributed by atoms with E-state index in [0.717, 1.165) is 18.9 Å². The van der Waals surface area contributed by atoms with Crippen molar-refractivity contribution >= 4 is 22.8 Å². The Bertz CT molecular complexity index is 453. The van der Waals surface area contributed by atoms with Crippen LogP contribution < -0.4 is 10.2 Å². The molecule has 2 rings (SSSR count). The predicted octanol–water partition coefficient (Wildman–Crippen LogP) is 3.21. The normalized spacial score (nSPS) is 10.2. The Kier molecular flexibility index (Phi) is 3.98. The third-order valence-electron chi connectivity index (χ3n) is 2.52. The van der Waals surface area contributed by atoms with Gasteiger partial charge in [0.2, 0.25) is 0 Å². The van der Waals surface area contributed by atoms with Gasteiger partial charge in [-0.05, 0) is 24.4 Å². The molecule has 0 aliphatic carbocycles. The summed E-state index contributed by atoms with van der Waals surface area (Å²) in [6, 6.07) is 8.36. The van der Waals surface area contributed by atoms with Crippen LogP contribution in [-0.4, -0.2) is 18.6 Å². The fourth-order valence-corrected chi connectivity index (χ4v) is 2.42. The second-order valence-corrected chi connectivity index (χ2v) is 4.90. The van der Waals surface area contributed by atoms with Crippen molar-refractivity contribution < 1.29 is 0 Å². The van der Waals surface area contributed by atoms with Gasteiger partial charge >= 0.3 is 0 Å². The molecule has 0 aliphatic rings. The maximum Gasteiger partial charge on any atom is 0.127 e. The summed E-state index contributed by atoms with van der Waals surface area (Å²) in [5, 5.41) is 5.34. The molecule has 2 aromatic rings.